The van der Waals surface area contributed by atoms with Crippen molar-refractivity contribution in [1.29, 1.82) is 0 Å². The lowest BCUT2D eigenvalue weighted by Crippen LogP contribution is -2.39. The van der Waals surface area contributed by atoms with Crippen LogP contribution in [0.3, 0.4) is 0 Å². The molecule has 4 nitrogen and oxygen atoms in total. The van der Waals surface area contributed by atoms with Crippen molar-refractivity contribution in [2.45, 2.75) is 52.9 Å². The molecule has 0 amide bonds. The first-order chi connectivity index (χ1) is 9.06. The molecule has 1 N–H and O–H groups in total. The van der Waals surface area contributed by atoms with Crippen molar-refractivity contribution in [3.05, 3.63) is 23.7 Å². The Morgan fingerprint density at radius 3 is 2.53 bits per heavy atom. The van der Waals surface area contributed by atoms with Gasteiger partial charge in [0.05, 0.1) is 12.9 Å². The minimum absolute atomic E-state index is 0.548. The molecule has 0 unspecified atom stereocenters. The zero-order valence-corrected chi connectivity index (χ0v) is 12.9. The molecule has 1 aromatic rings. The van der Waals surface area contributed by atoms with Gasteiger partial charge in [-0.05, 0) is 40.8 Å². The van der Waals surface area contributed by atoms with Crippen LogP contribution in [0.15, 0.2) is 16.7 Å². The lowest BCUT2D eigenvalue weighted by atomic mass is 10.2. The Morgan fingerprint density at radius 2 is 1.95 bits per heavy atom. The van der Waals surface area contributed by atoms with Crippen LogP contribution < -0.4 is 5.32 Å². The molecule has 4 heteroatoms. The second kappa shape index (κ2) is 8.35. The molecule has 0 saturated carbocycles. The van der Waals surface area contributed by atoms with Crippen LogP contribution in [0.4, 0.5) is 0 Å². The average Bonchev–Trinajstić information content (AvgIpc) is 2.76. The Bertz CT molecular complexity index is 340. The number of ether oxygens (including phenoxy) is 1. The molecule has 0 aliphatic carbocycles. The van der Waals surface area contributed by atoms with Crippen molar-refractivity contribution >= 4 is 0 Å². The van der Waals surface area contributed by atoms with E-state index in [1.54, 1.807) is 6.26 Å². The van der Waals surface area contributed by atoms with E-state index in [1.165, 1.54) is 5.56 Å². The Balaban J connectivity index is 2.31. The molecule has 0 fully saturated rings. The molecule has 1 aromatic heterocycles. The third kappa shape index (κ3) is 5.35. The fraction of sp³-hybridized carbons (Fsp3) is 0.733. The van der Waals surface area contributed by atoms with E-state index in [1.807, 2.05) is 13.1 Å². The number of rotatable bonds is 9. The quantitative estimate of drug-likeness (QED) is 0.699. The highest BCUT2D eigenvalue weighted by molar-refractivity contribution is 5.15. The molecule has 1 heterocycles. The van der Waals surface area contributed by atoms with E-state index >= 15 is 0 Å². The summed E-state index contributed by atoms with van der Waals surface area (Å²) in [4.78, 5) is 2.43. The number of hydrogen-bond acceptors (Lipinski definition) is 4. The van der Waals surface area contributed by atoms with Crippen LogP contribution in [-0.4, -0.2) is 37.2 Å². The fourth-order valence-electron chi connectivity index (χ4n) is 2.29. The summed E-state index contributed by atoms with van der Waals surface area (Å²) < 4.78 is 11.2. The van der Waals surface area contributed by atoms with Crippen molar-refractivity contribution in [3.63, 3.8) is 0 Å². The van der Waals surface area contributed by atoms with Crippen molar-refractivity contribution < 1.29 is 9.15 Å². The first-order valence-corrected chi connectivity index (χ1v) is 7.09. The summed E-state index contributed by atoms with van der Waals surface area (Å²) in [6.07, 6.45) is 1.72. The lowest BCUT2D eigenvalue weighted by molar-refractivity contribution is 0.0617. The highest BCUT2D eigenvalue weighted by atomic mass is 16.5. The van der Waals surface area contributed by atoms with E-state index in [4.69, 9.17) is 9.15 Å². The highest BCUT2D eigenvalue weighted by Gasteiger charge is 2.13. The SMILES string of the molecule is CNCc1ccoc1COCCN(C(C)C)C(C)C. The maximum atomic E-state index is 5.73. The van der Waals surface area contributed by atoms with E-state index < -0.39 is 0 Å². The van der Waals surface area contributed by atoms with Crippen LogP contribution in [-0.2, 0) is 17.9 Å². The number of nitrogens with one attached hydrogen (secondary N) is 1. The van der Waals surface area contributed by atoms with Gasteiger partial charge in [0, 0.05) is 30.7 Å². The maximum Gasteiger partial charge on any atom is 0.133 e. The van der Waals surface area contributed by atoms with Gasteiger partial charge in [-0.1, -0.05) is 0 Å². The molecule has 0 aliphatic rings. The number of hydrogen-bond donors (Lipinski definition) is 1. The molecule has 0 atom stereocenters. The third-order valence-electron chi connectivity index (χ3n) is 3.26. The van der Waals surface area contributed by atoms with E-state index in [0.717, 1.165) is 25.5 Å². The predicted octanol–water partition coefficient (Wildman–Crippen LogP) is 2.63. The van der Waals surface area contributed by atoms with Gasteiger partial charge in [-0.2, -0.15) is 0 Å². The average molecular weight is 268 g/mol. The van der Waals surface area contributed by atoms with Gasteiger partial charge in [-0.3, -0.25) is 4.90 Å². The molecular formula is C15H28N2O2. The summed E-state index contributed by atoms with van der Waals surface area (Å²) in [6, 6.07) is 3.09. The van der Waals surface area contributed by atoms with Gasteiger partial charge in [0.25, 0.3) is 0 Å². The fourth-order valence-corrected chi connectivity index (χ4v) is 2.29. The van der Waals surface area contributed by atoms with Crippen LogP contribution in [0.5, 0.6) is 0 Å². The van der Waals surface area contributed by atoms with Gasteiger partial charge < -0.3 is 14.5 Å². The van der Waals surface area contributed by atoms with Crippen LogP contribution in [0.1, 0.15) is 39.0 Å². The van der Waals surface area contributed by atoms with Crippen LogP contribution in [0, 0.1) is 0 Å². The maximum absolute atomic E-state index is 5.73. The van der Waals surface area contributed by atoms with Crippen molar-refractivity contribution in [1.82, 2.24) is 10.2 Å². The molecule has 1 rings (SSSR count). The predicted molar refractivity (Wildman–Crippen MR) is 78.1 cm³/mol. The molecule has 0 spiro atoms. The van der Waals surface area contributed by atoms with Gasteiger partial charge in [0.2, 0.25) is 0 Å². The molecule has 19 heavy (non-hydrogen) atoms. The second-order valence-electron chi connectivity index (χ2n) is 5.38. The first-order valence-electron chi connectivity index (χ1n) is 7.09. The zero-order valence-electron chi connectivity index (χ0n) is 12.9. The lowest BCUT2D eigenvalue weighted by Gasteiger charge is -2.30. The minimum Gasteiger partial charge on any atom is -0.467 e. The van der Waals surface area contributed by atoms with E-state index in [9.17, 15) is 0 Å². The van der Waals surface area contributed by atoms with E-state index in [2.05, 4.69) is 37.9 Å². The molecule has 0 saturated heterocycles. The Morgan fingerprint density at radius 1 is 1.26 bits per heavy atom. The van der Waals surface area contributed by atoms with Gasteiger partial charge in [-0.15, -0.1) is 0 Å². The summed E-state index contributed by atoms with van der Waals surface area (Å²) in [5.74, 6) is 0.926. The van der Waals surface area contributed by atoms with Crippen molar-refractivity contribution in [3.8, 4) is 0 Å². The first kappa shape index (κ1) is 16.2. The Kier molecular flexibility index (Phi) is 7.13. The topological polar surface area (TPSA) is 37.6 Å². The zero-order chi connectivity index (χ0) is 14.3. The standard InChI is InChI=1S/C15H28N2O2/c1-12(2)17(13(3)4)7-9-18-11-15-14(10-16-5)6-8-19-15/h6,8,12-13,16H,7,9-11H2,1-5H3. The summed E-state index contributed by atoms with van der Waals surface area (Å²) in [5.41, 5.74) is 1.17. The molecule has 110 valence electrons. The van der Waals surface area contributed by atoms with Gasteiger partial charge in [-0.25, -0.2) is 0 Å². The van der Waals surface area contributed by atoms with Crippen molar-refractivity contribution in [2.75, 3.05) is 20.2 Å². The molecule has 0 aliphatic heterocycles. The normalized spacial score (nSPS) is 12.0. The van der Waals surface area contributed by atoms with E-state index in [0.29, 0.717) is 18.7 Å². The summed E-state index contributed by atoms with van der Waals surface area (Å²) in [6.45, 7) is 11.9. The van der Waals surface area contributed by atoms with Gasteiger partial charge in [0.15, 0.2) is 0 Å². The molecule has 0 bridgehead atoms. The largest absolute Gasteiger partial charge is 0.467 e. The van der Waals surface area contributed by atoms with Crippen LogP contribution in [0.2, 0.25) is 0 Å². The van der Waals surface area contributed by atoms with Crippen molar-refractivity contribution in [2.24, 2.45) is 0 Å². The minimum atomic E-state index is 0.548. The third-order valence-corrected chi connectivity index (χ3v) is 3.26. The molecule has 0 aromatic carbocycles. The van der Waals surface area contributed by atoms with Crippen LogP contribution >= 0.6 is 0 Å². The monoisotopic (exact) mass is 268 g/mol. The smallest absolute Gasteiger partial charge is 0.133 e. The van der Waals surface area contributed by atoms with Crippen LogP contribution in [0.25, 0.3) is 0 Å². The van der Waals surface area contributed by atoms with Gasteiger partial charge >= 0.3 is 0 Å². The number of furan rings is 1. The highest BCUT2D eigenvalue weighted by Crippen LogP contribution is 2.12. The number of nitrogens with zero attached hydrogens (tertiary/aromatic N) is 1. The summed E-state index contributed by atoms with van der Waals surface area (Å²) in [5, 5.41) is 3.13. The Labute approximate surface area is 117 Å². The van der Waals surface area contributed by atoms with Gasteiger partial charge in [0.1, 0.15) is 12.4 Å². The molecular weight excluding hydrogens is 240 g/mol. The summed E-state index contributed by atoms with van der Waals surface area (Å²) >= 11 is 0. The Hall–Kier alpha value is -0.840. The second-order valence-corrected chi connectivity index (χ2v) is 5.38. The molecule has 0 radical (unpaired) electrons. The summed E-state index contributed by atoms with van der Waals surface area (Å²) in [7, 11) is 1.93. The van der Waals surface area contributed by atoms with E-state index in [-0.39, 0.29) is 0 Å².